The third kappa shape index (κ3) is 2.39. The van der Waals surface area contributed by atoms with Crippen LogP contribution in [0.25, 0.3) is 0 Å². The molecule has 104 valence electrons. The predicted octanol–water partition coefficient (Wildman–Crippen LogP) is 3.52. The van der Waals surface area contributed by atoms with Gasteiger partial charge in [0.2, 0.25) is 5.91 Å². The first-order chi connectivity index (χ1) is 9.65. The molecular weight excluding hydrogens is 276 g/mol. The molecule has 3 N–H and O–H groups in total. The maximum Gasteiger partial charge on any atom is 0.250 e. The normalized spacial score (nSPS) is 17.6. The van der Waals surface area contributed by atoms with Gasteiger partial charge in [0.15, 0.2) is 0 Å². The van der Waals surface area contributed by atoms with Crippen LogP contribution in [0.15, 0.2) is 34.9 Å². The number of aryl methyl sites for hydroxylation is 1. The summed E-state index contributed by atoms with van der Waals surface area (Å²) >= 11 is 5.95. The highest BCUT2D eigenvalue weighted by Crippen LogP contribution is 2.33. The molecule has 0 bridgehead atoms. The monoisotopic (exact) mass is 290 g/mol. The van der Waals surface area contributed by atoms with E-state index in [1.54, 1.807) is 18.4 Å². The zero-order valence-corrected chi connectivity index (χ0v) is 11.6. The average Bonchev–Trinajstić information content (AvgIpc) is 2.90. The molecule has 20 heavy (non-hydrogen) atoms. The van der Waals surface area contributed by atoms with Crippen molar-refractivity contribution in [3.63, 3.8) is 0 Å². The Kier molecular flexibility index (Phi) is 3.40. The first-order valence-corrected chi connectivity index (χ1v) is 6.95. The summed E-state index contributed by atoms with van der Waals surface area (Å²) in [5.41, 5.74) is 7.67. The molecule has 3 rings (SSSR count). The van der Waals surface area contributed by atoms with Gasteiger partial charge in [0.25, 0.3) is 0 Å². The maximum absolute atomic E-state index is 11.3. The molecule has 0 spiro atoms. The predicted molar refractivity (Wildman–Crippen MR) is 78.0 cm³/mol. The van der Waals surface area contributed by atoms with Gasteiger partial charge in [-0.15, -0.1) is 0 Å². The largest absolute Gasteiger partial charge is 0.469 e. The minimum Gasteiger partial charge on any atom is -0.469 e. The Morgan fingerprint density at radius 1 is 1.40 bits per heavy atom. The van der Waals surface area contributed by atoms with Gasteiger partial charge < -0.3 is 15.5 Å². The molecule has 1 aromatic heterocycles. The minimum absolute atomic E-state index is 0.194. The molecule has 1 aliphatic carbocycles. The molecule has 2 aromatic rings. The van der Waals surface area contributed by atoms with E-state index >= 15 is 0 Å². The van der Waals surface area contributed by atoms with Crippen molar-refractivity contribution < 1.29 is 9.21 Å². The summed E-state index contributed by atoms with van der Waals surface area (Å²) in [7, 11) is 0. The summed E-state index contributed by atoms with van der Waals surface area (Å²) in [5, 5.41) is 3.79. The van der Waals surface area contributed by atoms with E-state index in [0.717, 1.165) is 30.7 Å². The molecule has 1 amide bonds. The molecule has 1 heterocycles. The SMILES string of the molecule is NC(=O)c1cc(NC2CCCc3occc32)ccc1Cl. The van der Waals surface area contributed by atoms with E-state index in [4.69, 9.17) is 21.8 Å². The highest BCUT2D eigenvalue weighted by molar-refractivity contribution is 6.33. The van der Waals surface area contributed by atoms with Crippen molar-refractivity contribution in [2.75, 3.05) is 5.32 Å². The lowest BCUT2D eigenvalue weighted by atomic mass is 9.93. The summed E-state index contributed by atoms with van der Waals surface area (Å²) in [4.78, 5) is 11.3. The van der Waals surface area contributed by atoms with Crippen LogP contribution < -0.4 is 11.1 Å². The Balaban J connectivity index is 1.86. The van der Waals surface area contributed by atoms with Gasteiger partial charge in [-0.25, -0.2) is 0 Å². The summed E-state index contributed by atoms with van der Waals surface area (Å²) in [6.07, 6.45) is 4.81. The van der Waals surface area contributed by atoms with Crippen molar-refractivity contribution >= 4 is 23.2 Å². The van der Waals surface area contributed by atoms with E-state index in [1.165, 1.54) is 5.56 Å². The second-order valence-corrected chi connectivity index (χ2v) is 5.35. The first-order valence-electron chi connectivity index (χ1n) is 6.57. The number of furan rings is 1. The van der Waals surface area contributed by atoms with Crippen LogP contribution in [0.5, 0.6) is 0 Å². The van der Waals surface area contributed by atoms with E-state index < -0.39 is 5.91 Å². The number of hydrogen-bond acceptors (Lipinski definition) is 3. The lowest BCUT2D eigenvalue weighted by Gasteiger charge is -2.24. The molecule has 1 unspecified atom stereocenters. The van der Waals surface area contributed by atoms with Crippen molar-refractivity contribution in [1.29, 1.82) is 0 Å². The number of nitrogens with two attached hydrogens (primary N) is 1. The summed E-state index contributed by atoms with van der Waals surface area (Å²) < 4.78 is 5.47. The molecule has 1 aromatic carbocycles. The van der Waals surface area contributed by atoms with Crippen LogP contribution in [0.2, 0.25) is 5.02 Å². The Labute approximate surface area is 121 Å². The molecule has 0 saturated carbocycles. The number of primary amides is 1. The second kappa shape index (κ2) is 5.21. The topological polar surface area (TPSA) is 68.3 Å². The van der Waals surface area contributed by atoms with Crippen LogP contribution in [0, 0.1) is 0 Å². The standard InChI is InChI=1S/C15H15ClN2O2/c16-12-5-4-9(8-11(12)15(17)19)18-13-2-1-3-14-10(13)6-7-20-14/h4-8,13,18H,1-3H2,(H2,17,19). The van der Waals surface area contributed by atoms with E-state index in [2.05, 4.69) is 5.32 Å². The van der Waals surface area contributed by atoms with Gasteiger partial charge in [-0.2, -0.15) is 0 Å². The first kappa shape index (κ1) is 13.1. The summed E-state index contributed by atoms with van der Waals surface area (Å²) in [5.74, 6) is 0.518. The quantitative estimate of drug-likeness (QED) is 0.909. The van der Waals surface area contributed by atoms with Crippen molar-refractivity contribution in [1.82, 2.24) is 0 Å². The Hall–Kier alpha value is -1.94. The van der Waals surface area contributed by atoms with Crippen molar-refractivity contribution in [2.45, 2.75) is 25.3 Å². The van der Waals surface area contributed by atoms with E-state index in [0.29, 0.717) is 10.6 Å². The fraction of sp³-hybridized carbons (Fsp3) is 0.267. The molecule has 0 aliphatic heterocycles. The number of rotatable bonds is 3. The number of anilines is 1. The minimum atomic E-state index is -0.522. The van der Waals surface area contributed by atoms with Crippen LogP contribution in [0.1, 0.15) is 40.6 Å². The number of nitrogens with one attached hydrogen (secondary N) is 1. The van der Waals surface area contributed by atoms with E-state index in [1.807, 2.05) is 12.1 Å². The lowest BCUT2D eigenvalue weighted by Crippen LogP contribution is -2.17. The number of amides is 1. The van der Waals surface area contributed by atoms with Gasteiger partial charge >= 0.3 is 0 Å². The molecule has 0 fully saturated rings. The number of benzene rings is 1. The zero-order valence-electron chi connectivity index (χ0n) is 10.9. The fourth-order valence-electron chi connectivity index (χ4n) is 2.64. The zero-order chi connectivity index (χ0) is 14.1. The van der Waals surface area contributed by atoms with Crippen LogP contribution in [-0.2, 0) is 6.42 Å². The summed E-state index contributed by atoms with van der Waals surface area (Å²) in [6, 6.07) is 7.42. The highest BCUT2D eigenvalue weighted by Gasteiger charge is 2.22. The van der Waals surface area contributed by atoms with Gasteiger partial charge in [-0.05, 0) is 37.1 Å². The number of fused-ring (bicyclic) bond motifs is 1. The highest BCUT2D eigenvalue weighted by atomic mass is 35.5. The van der Waals surface area contributed by atoms with Crippen LogP contribution in [0.4, 0.5) is 5.69 Å². The molecule has 5 heteroatoms. The van der Waals surface area contributed by atoms with Gasteiger partial charge in [0, 0.05) is 17.7 Å². The van der Waals surface area contributed by atoms with E-state index in [-0.39, 0.29) is 6.04 Å². The van der Waals surface area contributed by atoms with Gasteiger partial charge in [-0.1, -0.05) is 11.6 Å². The lowest BCUT2D eigenvalue weighted by molar-refractivity contribution is 0.100. The number of carbonyl (C=O) groups is 1. The second-order valence-electron chi connectivity index (χ2n) is 4.95. The number of carbonyl (C=O) groups excluding carboxylic acids is 1. The smallest absolute Gasteiger partial charge is 0.250 e. The molecule has 1 atom stereocenters. The third-order valence-electron chi connectivity index (χ3n) is 3.62. The maximum atomic E-state index is 11.3. The van der Waals surface area contributed by atoms with Gasteiger partial charge in [0.05, 0.1) is 22.9 Å². The van der Waals surface area contributed by atoms with Crippen LogP contribution in [-0.4, -0.2) is 5.91 Å². The third-order valence-corrected chi connectivity index (χ3v) is 3.95. The van der Waals surface area contributed by atoms with Crippen molar-refractivity contribution in [3.8, 4) is 0 Å². The van der Waals surface area contributed by atoms with Crippen LogP contribution >= 0.6 is 11.6 Å². The fourth-order valence-corrected chi connectivity index (χ4v) is 2.85. The molecular formula is C15H15ClN2O2. The summed E-state index contributed by atoms with van der Waals surface area (Å²) in [6.45, 7) is 0. The molecule has 4 nitrogen and oxygen atoms in total. The Morgan fingerprint density at radius 2 is 2.25 bits per heavy atom. The van der Waals surface area contributed by atoms with Gasteiger partial charge in [0.1, 0.15) is 5.76 Å². The van der Waals surface area contributed by atoms with E-state index in [9.17, 15) is 4.79 Å². The number of halogens is 1. The molecule has 1 aliphatic rings. The van der Waals surface area contributed by atoms with Crippen molar-refractivity contribution in [3.05, 3.63) is 52.4 Å². The number of hydrogen-bond donors (Lipinski definition) is 2. The van der Waals surface area contributed by atoms with Crippen LogP contribution in [0.3, 0.4) is 0 Å². The van der Waals surface area contributed by atoms with Gasteiger partial charge in [-0.3, -0.25) is 4.79 Å². The Bertz CT molecular complexity index is 651. The molecule has 0 saturated heterocycles. The average molecular weight is 291 g/mol. The van der Waals surface area contributed by atoms with Crippen molar-refractivity contribution in [2.24, 2.45) is 5.73 Å². The Morgan fingerprint density at radius 3 is 3.05 bits per heavy atom. The molecule has 0 radical (unpaired) electrons.